The second kappa shape index (κ2) is 7.36. The highest BCUT2D eigenvalue weighted by Gasteiger charge is 2.07. The lowest BCUT2D eigenvalue weighted by Crippen LogP contribution is -2.03. The molecular weight excluding hydrogens is 286 g/mol. The summed E-state index contributed by atoms with van der Waals surface area (Å²) in [6.07, 6.45) is 2.74. The molecule has 0 atom stereocenters. The van der Waals surface area contributed by atoms with Gasteiger partial charge >= 0.3 is 0 Å². The average Bonchev–Trinajstić information content (AvgIpc) is 2.62. The number of pyridine rings is 1. The Bertz CT molecular complexity index is 770. The van der Waals surface area contributed by atoms with Crippen LogP contribution in [0.3, 0.4) is 0 Å². The van der Waals surface area contributed by atoms with E-state index in [-0.39, 0.29) is 5.78 Å². The van der Waals surface area contributed by atoms with E-state index < -0.39 is 0 Å². The molecule has 3 aromatic rings. The molecule has 3 heteroatoms. The van der Waals surface area contributed by atoms with Crippen molar-refractivity contribution in [1.29, 1.82) is 0 Å². The summed E-state index contributed by atoms with van der Waals surface area (Å²) in [4.78, 5) is 16.2. The van der Waals surface area contributed by atoms with E-state index in [1.807, 2.05) is 60.7 Å². The lowest BCUT2D eigenvalue weighted by atomic mass is 10.1. The summed E-state index contributed by atoms with van der Waals surface area (Å²) in [5, 5.41) is 0. The van der Waals surface area contributed by atoms with Gasteiger partial charge in [-0.25, -0.2) is 0 Å². The van der Waals surface area contributed by atoms with Crippen LogP contribution in [0.1, 0.15) is 22.5 Å². The number of Topliss-reactive ketones (excluding diaryl/α,β-unsaturated/α-hetero) is 1. The van der Waals surface area contributed by atoms with Crippen molar-refractivity contribution in [2.45, 2.75) is 12.8 Å². The molecule has 0 saturated carbocycles. The van der Waals surface area contributed by atoms with Gasteiger partial charge in [0.2, 0.25) is 0 Å². The van der Waals surface area contributed by atoms with Crippen LogP contribution in [-0.4, -0.2) is 10.8 Å². The van der Waals surface area contributed by atoms with Gasteiger partial charge in [0.1, 0.15) is 17.2 Å². The van der Waals surface area contributed by atoms with Crippen molar-refractivity contribution >= 4 is 5.78 Å². The summed E-state index contributed by atoms with van der Waals surface area (Å²) >= 11 is 0. The Balaban J connectivity index is 1.63. The quantitative estimate of drug-likeness (QED) is 0.620. The van der Waals surface area contributed by atoms with Crippen molar-refractivity contribution in [3.05, 3.63) is 90.3 Å². The molecule has 2 aromatic carbocycles. The largest absolute Gasteiger partial charge is 0.457 e. The van der Waals surface area contributed by atoms with Crippen LogP contribution < -0.4 is 4.74 Å². The molecule has 0 aliphatic carbocycles. The fourth-order valence-electron chi connectivity index (χ4n) is 2.30. The lowest BCUT2D eigenvalue weighted by Gasteiger charge is -2.07. The van der Waals surface area contributed by atoms with Gasteiger partial charge in [0.15, 0.2) is 5.78 Å². The normalized spacial score (nSPS) is 10.3. The molecule has 0 radical (unpaired) electrons. The second-order valence-electron chi connectivity index (χ2n) is 5.20. The van der Waals surface area contributed by atoms with Crippen molar-refractivity contribution < 1.29 is 9.53 Å². The summed E-state index contributed by atoms with van der Waals surface area (Å²) in [5.74, 6) is 1.63. The Morgan fingerprint density at radius 3 is 2.43 bits per heavy atom. The smallest absolute Gasteiger partial charge is 0.181 e. The minimum absolute atomic E-state index is 0.0555. The minimum Gasteiger partial charge on any atom is -0.457 e. The summed E-state index contributed by atoms with van der Waals surface area (Å²) in [7, 11) is 0. The number of aryl methyl sites for hydroxylation is 1. The number of benzene rings is 2. The Morgan fingerprint density at radius 2 is 1.65 bits per heavy atom. The van der Waals surface area contributed by atoms with Crippen LogP contribution in [0.2, 0.25) is 0 Å². The van der Waals surface area contributed by atoms with Gasteiger partial charge in [0.25, 0.3) is 0 Å². The number of nitrogens with zero attached hydrogens (tertiary/aromatic N) is 1. The molecule has 0 unspecified atom stereocenters. The topological polar surface area (TPSA) is 39.2 Å². The van der Waals surface area contributed by atoms with Gasteiger partial charge in [-0.3, -0.25) is 9.78 Å². The Labute approximate surface area is 135 Å². The molecule has 3 rings (SSSR count). The number of hydrogen-bond donors (Lipinski definition) is 0. The Kier molecular flexibility index (Phi) is 4.79. The monoisotopic (exact) mass is 303 g/mol. The third kappa shape index (κ3) is 4.27. The van der Waals surface area contributed by atoms with E-state index in [1.54, 1.807) is 18.3 Å². The third-order valence-corrected chi connectivity index (χ3v) is 3.47. The molecule has 114 valence electrons. The van der Waals surface area contributed by atoms with E-state index >= 15 is 0 Å². The predicted molar refractivity (Wildman–Crippen MR) is 89.8 cm³/mol. The molecule has 3 nitrogen and oxygen atoms in total. The molecule has 0 aliphatic rings. The highest BCUT2D eigenvalue weighted by Crippen LogP contribution is 2.22. The van der Waals surface area contributed by atoms with Crippen molar-refractivity contribution in [3.8, 4) is 11.5 Å². The van der Waals surface area contributed by atoms with Gasteiger partial charge in [0, 0.05) is 12.6 Å². The van der Waals surface area contributed by atoms with Gasteiger partial charge in [0.05, 0.1) is 0 Å². The van der Waals surface area contributed by atoms with Crippen molar-refractivity contribution in [3.63, 3.8) is 0 Å². The highest BCUT2D eigenvalue weighted by molar-refractivity contribution is 5.94. The standard InChI is InChI=1S/C20H17NO2/c22-20(19-11-4-5-14-21-19)13-12-16-7-6-10-18(15-16)23-17-8-2-1-3-9-17/h1-11,14-15H,12-13H2. The van der Waals surface area contributed by atoms with Gasteiger partial charge < -0.3 is 4.74 Å². The summed E-state index contributed by atoms with van der Waals surface area (Å²) in [5.41, 5.74) is 1.59. The molecule has 0 aliphatic heterocycles. The van der Waals surface area contributed by atoms with E-state index in [9.17, 15) is 4.79 Å². The van der Waals surface area contributed by atoms with Crippen LogP contribution in [0.15, 0.2) is 79.0 Å². The van der Waals surface area contributed by atoms with Crippen molar-refractivity contribution in [1.82, 2.24) is 4.98 Å². The average molecular weight is 303 g/mol. The zero-order chi connectivity index (χ0) is 15.9. The fraction of sp³-hybridized carbons (Fsp3) is 0.100. The first kappa shape index (κ1) is 15.0. The van der Waals surface area contributed by atoms with Crippen LogP contribution in [0.5, 0.6) is 11.5 Å². The fourth-order valence-corrected chi connectivity index (χ4v) is 2.30. The number of hydrogen-bond acceptors (Lipinski definition) is 3. The highest BCUT2D eigenvalue weighted by atomic mass is 16.5. The van der Waals surface area contributed by atoms with E-state index in [4.69, 9.17) is 4.74 Å². The number of carbonyl (C=O) groups excluding carboxylic acids is 1. The first-order valence-corrected chi connectivity index (χ1v) is 7.57. The van der Waals surface area contributed by atoms with Crippen LogP contribution in [-0.2, 0) is 6.42 Å². The van der Waals surface area contributed by atoms with Crippen molar-refractivity contribution in [2.24, 2.45) is 0 Å². The van der Waals surface area contributed by atoms with Gasteiger partial charge in [-0.05, 0) is 48.4 Å². The van der Waals surface area contributed by atoms with E-state index in [2.05, 4.69) is 4.98 Å². The molecule has 0 amide bonds. The first-order chi connectivity index (χ1) is 11.3. The molecule has 0 N–H and O–H groups in total. The third-order valence-electron chi connectivity index (χ3n) is 3.47. The number of ether oxygens (including phenoxy) is 1. The molecule has 23 heavy (non-hydrogen) atoms. The van der Waals surface area contributed by atoms with E-state index in [0.717, 1.165) is 17.1 Å². The summed E-state index contributed by atoms with van der Waals surface area (Å²) in [6.45, 7) is 0. The number of rotatable bonds is 6. The maximum atomic E-state index is 12.1. The molecule has 0 fully saturated rings. The molecular formula is C20H17NO2. The predicted octanol–water partition coefficient (Wildman–Crippen LogP) is 4.69. The number of ketones is 1. The maximum Gasteiger partial charge on any atom is 0.181 e. The maximum absolute atomic E-state index is 12.1. The molecule has 1 heterocycles. The number of carbonyl (C=O) groups is 1. The molecule has 0 bridgehead atoms. The van der Waals surface area contributed by atoms with Gasteiger partial charge in [-0.1, -0.05) is 36.4 Å². The minimum atomic E-state index is 0.0555. The molecule has 0 spiro atoms. The van der Waals surface area contributed by atoms with Crippen LogP contribution in [0.25, 0.3) is 0 Å². The number of aromatic nitrogens is 1. The van der Waals surface area contributed by atoms with Gasteiger partial charge in [-0.2, -0.15) is 0 Å². The second-order valence-corrected chi connectivity index (χ2v) is 5.20. The van der Waals surface area contributed by atoms with Crippen LogP contribution in [0.4, 0.5) is 0 Å². The van der Waals surface area contributed by atoms with Gasteiger partial charge in [-0.15, -0.1) is 0 Å². The van der Waals surface area contributed by atoms with E-state index in [1.165, 1.54) is 0 Å². The first-order valence-electron chi connectivity index (χ1n) is 7.57. The molecule has 1 aromatic heterocycles. The SMILES string of the molecule is O=C(CCc1cccc(Oc2ccccc2)c1)c1ccccn1. The zero-order valence-corrected chi connectivity index (χ0v) is 12.7. The molecule has 0 saturated heterocycles. The van der Waals surface area contributed by atoms with Crippen molar-refractivity contribution in [2.75, 3.05) is 0 Å². The van der Waals surface area contributed by atoms with E-state index in [0.29, 0.717) is 18.5 Å². The van der Waals surface area contributed by atoms with Crippen LogP contribution >= 0.6 is 0 Å². The summed E-state index contributed by atoms with van der Waals surface area (Å²) in [6, 6.07) is 22.9. The van der Waals surface area contributed by atoms with Crippen LogP contribution in [0, 0.1) is 0 Å². The summed E-state index contributed by atoms with van der Waals surface area (Å²) < 4.78 is 5.81. The zero-order valence-electron chi connectivity index (χ0n) is 12.7. The lowest BCUT2D eigenvalue weighted by molar-refractivity contribution is 0.0978. The Morgan fingerprint density at radius 1 is 0.870 bits per heavy atom. The number of para-hydroxylation sites is 1. The Hall–Kier alpha value is -2.94.